The maximum Gasteiger partial charge on any atom is 0.425 e. The van der Waals surface area contributed by atoms with E-state index in [-0.39, 0.29) is 48.6 Å². The molecule has 0 aliphatic carbocycles. The Balaban J connectivity index is 1.77. The number of benzene rings is 1. The molecule has 1 N–H and O–H groups in total. The van der Waals surface area contributed by atoms with Gasteiger partial charge in [0, 0.05) is 29.8 Å². The Morgan fingerprint density at radius 3 is 2.12 bits per heavy atom. The molecule has 4 rings (SSSR count). The average molecular weight is 712 g/mol. The second-order valence-corrected chi connectivity index (χ2v) is 15.1. The number of imide groups is 1. The van der Waals surface area contributed by atoms with E-state index in [9.17, 15) is 19.2 Å². The van der Waals surface area contributed by atoms with Crippen molar-refractivity contribution in [2.24, 2.45) is 0 Å². The number of esters is 1. The van der Waals surface area contributed by atoms with Crippen molar-refractivity contribution in [1.82, 2.24) is 24.8 Å². The summed E-state index contributed by atoms with van der Waals surface area (Å²) >= 11 is 0. The van der Waals surface area contributed by atoms with E-state index in [2.05, 4.69) is 26.8 Å². The van der Waals surface area contributed by atoms with Gasteiger partial charge in [0.1, 0.15) is 28.9 Å². The van der Waals surface area contributed by atoms with Gasteiger partial charge in [-0.2, -0.15) is 4.90 Å². The van der Waals surface area contributed by atoms with E-state index in [1.807, 2.05) is 4.90 Å². The third-order valence-corrected chi connectivity index (χ3v) is 7.48. The van der Waals surface area contributed by atoms with Crippen molar-refractivity contribution in [3.63, 3.8) is 0 Å². The molecule has 1 saturated heterocycles. The number of rotatable bonds is 7. The molecule has 3 aromatic rings. The normalized spacial score (nSPS) is 16.4. The number of amides is 3. The molecule has 15 nitrogen and oxygen atoms in total. The number of nitrogens with one attached hydrogen (secondary N) is 1. The molecule has 0 bridgehead atoms. The Hall–Kier alpha value is -5.28. The minimum atomic E-state index is -1.45. The number of fused-ring (bicyclic) bond motifs is 1. The molecule has 2 aromatic heterocycles. The number of hydrogen-bond donors (Lipinski definition) is 1. The molecule has 0 radical (unpaired) electrons. The number of ether oxygens (including phenoxy) is 4. The van der Waals surface area contributed by atoms with Crippen molar-refractivity contribution in [3.05, 3.63) is 48.3 Å². The lowest BCUT2D eigenvalue weighted by Gasteiger charge is -2.30. The molecule has 1 atom stereocenters. The molecule has 51 heavy (non-hydrogen) atoms. The van der Waals surface area contributed by atoms with Crippen LogP contribution in [0.25, 0.3) is 17.2 Å². The van der Waals surface area contributed by atoms with Crippen LogP contribution in [0.3, 0.4) is 0 Å². The molecule has 0 unspecified atom stereocenters. The fourth-order valence-electron chi connectivity index (χ4n) is 5.52. The summed E-state index contributed by atoms with van der Waals surface area (Å²) in [4.78, 5) is 68.2. The largest absolute Gasteiger partial charge is 0.467 e. The second-order valence-electron chi connectivity index (χ2n) is 15.1. The van der Waals surface area contributed by atoms with Crippen molar-refractivity contribution in [3.8, 4) is 0 Å². The lowest BCUT2D eigenvalue weighted by Crippen LogP contribution is -2.57. The van der Waals surface area contributed by atoms with Crippen LogP contribution < -0.4 is 15.1 Å². The average Bonchev–Trinajstić information content (AvgIpc) is 3.60. The van der Waals surface area contributed by atoms with Crippen LogP contribution >= 0.6 is 0 Å². The summed E-state index contributed by atoms with van der Waals surface area (Å²) in [5, 5.41) is 2.71. The number of nitrogens with zero attached hydrogens (tertiary/aromatic N) is 6. The van der Waals surface area contributed by atoms with E-state index in [1.54, 1.807) is 72.9 Å². The number of imidazole rings is 1. The van der Waals surface area contributed by atoms with Crippen LogP contribution in [0.1, 0.15) is 79.9 Å². The lowest BCUT2D eigenvalue weighted by atomic mass is 9.99. The van der Waals surface area contributed by atoms with Gasteiger partial charge in [-0.25, -0.2) is 38.5 Å². The number of carbonyl (C=O) groups excluding carboxylic acids is 4. The number of carbonyl (C=O) groups is 4. The van der Waals surface area contributed by atoms with Crippen molar-refractivity contribution in [2.75, 3.05) is 30.0 Å². The first-order valence-corrected chi connectivity index (χ1v) is 16.3. The van der Waals surface area contributed by atoms with Gasteiger partial charge in [-0.15, -0.1) is 0 Å². The first kappa shape index (κ1) is 38.5. The Morgan fingerprint density at radius 1 is 0.961 bits per heavy atom. The predicted molar refractivity (Wildman–Crippen MR) is 187 cm³/mol. The smallest absolute Gasteiger partial charge is 0.425 e. The van der Waals surface area contributed by atoms with Gasteiger partial charge in [-0.3, -0.25) is 0 Å². The number of alkyl carbamates (subject to hydrolysis) is 1. The quantitative estimate of drug-likeness (QED) is 0.225. The minimum absolute atomic E-state index is 0.00807. The molecule has 0 saturated carbocycles. The first-order chi connectivity index (χ1) is 23.6. The molecule has 1 aromatic carbocycles. The van der Waals surface area contributed by atoms with Crippen LogP contribution in [0.15, 0.2) is 31.4 Å². The van der Waals surface area contributed by atoms with E-state index in [1.165, 1.54) is 25.6 Å². The molecule has 3 amide bonds. The van der Waals surface area contributed by atoms with E-state index < -0.39 is 52.4 Å². The van der Waals surface area contributed by atoms with Crippen LogP contribution in [0, 0.1) is 5.82 Å². The third-order valence-electron chi connectivity index (χ3n) is 7.48. The number of hydrogen-bond acceptors (Lipinski definition) is 12. The maximum absolute atomic E-state index is 15.3. The van der Waals surface area contributed by atoms with Crippen LogP contribution in [-0.4, -0.2) is 86.3 Å². The summed E-state index contributed by atoms with van der Waals surface area (Å²) in [6.45, 7) is 19.1. The second kappa shape index (κ2) is 14.2. The van der Waals surface area contributed by atoms with Crippen molar-refractivity contribution in [2.45, 2.75) is 97.6 Å². The van der Waals surface area contributed by atoms with Gasteiger partial charge < -0.3 is 33.7 Å². The topological polar surface area (TPSA) is 167 Å². The van der Waals surface area contributed by atoms with Crippen molar-refractivity contribution >= 4 is 53.0 Å². The Labute approximate surface area is 296 Å². The van der Waals surface area contributed by atoms with Crippen molar-refractivity contribution < 1.29 is 42.5 Å². The summed E-state index contributed by atoms with van der Waals surface area (Å²) in [5.41, 5.74) is -2.71. The fraction of sp³-hybridized carbons (Fsp3) is 0.514. The zero-order valence-electron chi connectivity index (χ0n) is 30.7. The van der Waals surface area contributed by atoms with Gasteiger partial charge >= 0.3 is 24.2 Å². The van der Waals surface area contributed by atoms with E-state index in [0.717, 1.165) is 6.33 Å². The highest BCUT2D eigenvalue weighted by molar-refractivity contribution is 6.12. The summed E-state index contributed by atoms with van der Waals surface area (Å²) in [7, 11) is 1.23. The summed E-state index contributed by atoms with van der Waals surface area (Å²) in [5.74, 6) is -1.39. The molecule has 1 fully saturated rings. The number of halogens is 1. The van der Waals surface area contributed by atoms with Crippen molar-refractivity contribution in [1.29, 1.82) is 0 Å². The molecule has 16 heteroatoms. The highest BCUT2D eigenvalue weighted by Gasteiger charge is 2.48. The highest BCUT2D eigenvalue weighted by atomic mass is 19.1. The number of methoxy groups -OCH3 is 1. The Bertz CT molecular complexity index is 1810. The van der Waals surface area contributed by atoms with E-state index in [0.29, 0.717) is 16.2 Å². The number of aromatic nitrogens is 4. The van der Waals surface area contributed by atoms with Gasteiger partial charge in [-0.05, 0) is 74.4 Å². The van der Waals surface area contributed by atoms with Gasteiger partial charge in [0.15, 0.2) is 22.5 Å². The zero-order valence-corrected chi connectivity index (χ0v) is 30.7. The predicted octanol–water partition coefficient (Wildman–Crippen LogP) is 5.98. The minimum Gasteiger partial charge on any atom is -0.467 e. The van der Waals surface area contributed by atoms with Crippen LogP contribution in [-0.2, 0) is 30.3 Å². The van der Waals surface area contributed by atoms with Gasteiger partial charge in [0.05, 0.1) is 26.5 Å². The molecular formula is C35H46FN7O8. The van der Waals surface area contributed by atoms with E-state index >= 15 is 4.39 Å². The standard InChI is InChI=1S/C35H46FN7O8/c1-12-21-22(24(14-13-23(21)36)41-16-15-35(18-41,28(44)48-11)40-29(45)49-32(2,3)4)17-42-20-39-25-26(42)37-19-38-27(25)43(30(46)50-33(5,6)7)31(47)51-34(8,9)10/h12-14,19-20H,1,15-18H2,2-11H3,(H,40,45)/t35-/m1/s1. The van der Waals surface area contributed by atoms with Crippen LogP contribution in [0.2, 0.25) is 0 Å². The maximum atomic E-state index is 15.3. The Kier molecular flexibility index (Phi) is 10.7. The lowest BCUT2D eigenvalue weighted by molar-refractivity contribution is -0.147. The highest BCUT2D eigenvalue weighted by Crippen LogP contribution is 2.35. The van der Waals surface area contributed by atoms with Crippen LogP contribution in [0.5, 0.6) is 0 Å². The third kappa shape index (κ3) is 8.91. The van der Waals surface area contributed by atoms with E-state index in [4.69, 9.17) is 18.9 Å². The monoisotopic (exact) mass is 711 g/mol. The summed E-state index contributed by atoms with van der Waals surface area (Å²) in [6.07, 6.45) is 1.28. The molecule has 0 spiro atoms. The molecular weight excluding hydrogens is 665 g/mol. The number of anilines is 2. The SMILES string of the molecule is C=Cc1c(F)ccc(N2CC[C@](NC(=O)OC(C)(C)C)(C(=O)OC)C2)c1Cn1cnc2c(N(C(=O)OC(C)(C)C)C(=O)OC(C)(C)C)ncnc21. The molecule has 1 aliphatic rings. The van der Waals surface area contributed by atoms with Gasteiger partial charge in [0.2, 0.25) is 0 Å². The Morgan fingerprint density at radius 2 is 1.57 bits per heavy atom. The first-order valence-electron chi connectivity index (χ1n) is 16.3. The summed E-state index contributed by atoms with van der Waals surface area (Å²) < 4.78 is 38.5. The fourth-order valence-corrected chi connectivity index (χ4v) is 5.52. The molecule has 3 heterocycles. The van der Waals surface area contributed by atoms with Gasteiger partial charge in [0.25, 0.3) is 0 Å². The van der Waals surface area contributed by atoms with Crippen LogP contribution in [0.4, 0.5) is 30.3 Å². The summed E-state index contributed by atoms with van der Waals surface area (Å²) in [6, 6.07) is 2.87. The van der Waals surface area contributed by atoms with Gasteiger partial charge in [-0.1, -0.05) is 12.7 Å². The molecule has 1 aliphatic heterocycles. The molecule has 276 valence electrons. The zero-order chi connectivity index (χ0) is 38.1.